The standard InChI is InChI=1S/C11H19N3/c1-14(10-4-2-7-13-10)9-11(8-12)5-3-6-11/h2,4,7,13H,3,5-6,8-9,12H2,1H3. The van der Waals surface area contributed by atoms with E-state index in [1.165, 1.54) is 25.1 Å². The number of hydrogen-bond acceptors (Lipinski definition) is 2. The van der Waals surface area contributed by atoms with E-state index < -0.39 is 0 Å². The Labute approximate surface area is 85.3 Å². The second kappa shape index (κ2) is 3.65. The van der Waals surface area contributed by atoms with Gasteiger partial charge in [0.1, 0.15) is 5.82 Å². The van der Waals surface area contributed by atoms with Crippen LogP contribution >= 0.6 is 0 Å². The fourth-order valence-corrected chi connectivity index (χ4v) is 2.25. The van der Waals surface area contributed by atoms with Crippen molar-refractivity contribution < 1.29 is 0 Å². The Balaban J connectivity index is 1.97. The van der Waals surface area contributed by atoms with Crippen LogP contribution in [0.4, 0.5) is 5.82 Å². The molecule has 0 aliphatic heterocycles. The average molecular weight is 193 g/mol. The minimum atomic E-state index is 0.389. The molecule has 3 N–H and O–H groups in total. The highest BCUT2D eigenvalue weighted by Gasteiger charge is 2.36. The molecule has 0 aromatic carbocycles. The predicted molar refractivity (Wildman–Crippen MR) is 59.4 cm³/mol. The maximum absolute atomic E-state index is 5.83. The molecule has 1 aliphatic carbocycles. The Hall–Kier alpha value is -0.960. The van der Waals surface area contributed by atoms with Crippen molar-refractivity contribution in [2.24, 2.45) is 11.1 Å². The van der Waals surface area contributed by atoms with E-state index in [4.69, 9.17) is 5.73 Å². The van der Waals surface area contributed by atoms with Gasteiger partial charge in [-0.3, -0.25) is 0 Å². The molecule has 1 aromatic rings. The molecule has 3 heteroatoms. The molecule has 0 radical (unpaired) electrons. The number of aromatic amines is 1. The lowest BCUT2D eigenvalue weighted by Gasteiger charge is -2.43. The van der Waals surface area contributed by atoms with E-state index in [1.54, 1.807) is 0 Å². The van der Waals surface area contributed by atoms with Crippen LogP contribution in [0.5, 0.6) is 0 Å². The van der Waals surface area contributed by atoms with Gasteiger partial charge < -0.3 is 15.6 Å². The zero-order chi connectivity index (χ0) is 10.0. The molecule has 0 saturated heterocycles. The van der Waals surface area contributed by atoms with E-state index in [1.807, 2.05) is 12.3 Å². The van der Waals surface area contributed by atoms with Crippen molar-refractivity contribution in [3.63, 3.8) is 0 Å². The van der Waals surface area contributed by atoms with Gasteiger partial charge >= 0.3 is 0 Å². The second-order valence-corrected chi connectivity index (χ2v) is 4.47. The largest absolute Gasteiger partial charge is 0.361 e. The first-order valence-corrected chi connectivity index (χ1v) is 5.30. The number of nitrogens with one attached hydrogen (secondary N) is 1. The van der Waals surface area contributed by atoms with Gasteiger partial charge in [0, 0.05) is 25.2 Å². The first-order chi connectivity index (χ1) is 6.76. The summed E-state index contributed by atoms with van der Waals surface area (Å²) in [5.41, 5.74) is 6.22. The van der Waals surface area contributed by atoms with Crippen LogP contribution in [0, 0.1) is 5.41 Å². The molecule has 2 rings (SSSR count). The van der Waals surface area contributed by atoms with Gasteiger partial charge in [0.2, 0.25) is 0 Å². The molecule has 14 heavy (non-hydrogen) atoms. The van der Waals surface area contributed by atoms with Crippen LogP contribution in [0.2, 0.25) is 0 Å². The third-order valence-electron chi connectivity index (χ3n) is 3.41. The summed E-state index contributed by atoms with van der Waals surface area (Å²) in [5, 5.41) is 0. The Morgan fingerprint density at radius 3 is 2.79 bits per heavy atom. The number of anilines is 1. The van der Waals surface area contributed by atoms with E-state index in [0.717, 1.165) is 13.1 Å². The van der Waals surface area contributed by atoms with Gasteiger partial charge in [-0.15, -0.1) is 0 Å². The Bertz CT molecular complexity index is 269. The zero-order valence-corrected chi connectivity index (χ0v) is 8.79. The highest BCUT2D eigenvalue weighted by atomic mass is 15.2. The van der Waals surface area contributed by atoms with Crippen LogP contribution in [-0.4, -0.2) is 25.1 Å². The average Bonchev–Trinajstić information content (AvgIpc) is 2.63. The summed E-state index contributed by atoms with van der Waals surface area (Å²) in [4.78, 5) is 5.49. The Morgan fingerprint density at radius 1 is 1.57 bits per heavy atom. The van der Waals surface area contributed by atoms with Gasteiger partial charge in [0.05, 0.1) is 0 Å². The number of aromatic nitrogens is 1. The van der Waals surface area contributed by atoms with E-state index in [0.29, 0.717) is 5.41 Å². The zero-order valence-electron chi connectivity index (χ0n) is 8.79. The topological polar surface area (TPSA) is 45.0 Å². The van der Waals surface area contributed by atoms with Crippen molar-refractivity contribution in [3.05, 3.63) is 18.3 Å². The van der Waals surface area contributed by atoms with Gasteiger partial charge in [0.25, 0.3) is 0 Å². The number of H-pyrrole nitrogens is 1. The lowest BCUT2D eigenvalue weighted by Crippen LogP contribution is -2.46. The lowest BCUT2D eigenvalue weighted by molar-refractivity contribution is 0.154. The molecular weight excluding hydrogens is 174 g/mol. The van der Waals surface area contributed by atoms with E-state index in [-0.39, 0.29) is 0 Å². The molecular formula is C11H19N3. The first kappa shape index (κ1) is 9.59. The highest BCUT2D eigenvalue weighted by Crippen LogP contribution is 2.40. The fourth-order valence-electron chi connectivity index (χ4n) is 2.25. The third-order valence-corrected chi connectivity index (χ3v) is 3.41. The van der Waals surface area contributed by atoms with Gasteiger partial charge in [0.15, 0.2) is 0 Å². The summed E-state index contributed by atoms with van der Waals surface area (Å²) >= 11 is 0. The van der Waals surface area contributed by atoms with E-state index in [9.17, 15) is 0 Å². The van der Waals surface area contributed by atoms with Crippen LogP contribution in [0.1, 0.15) is 19.3 Å². The monoisotopic (exact) mass is 193 g/mol. The minimum Gasteiger partial charge on any atom is -0.361 e. The molecule has 1 heterocycles. The second-order valence-electron chi connectivity index (χ2n) is 4.47. The molecule has 0 atom stereocenters. The van der Waals surface area contributed by atoms with Crippen LogP contribution in [0.25, 0.3) is 0 Å². The Kier molecular flexibility index (Phi) is 2.50. The van der Waals surface area contributed by atoms with E-state index in [2.05, 4.69) is 23.0 Å². The van der Waals surface area contributed by atoms with Gasteiger partial charge in [-0.05, 0) is 31.5 Å². The summed E-state index contributed by atoms with van der Waals surface area (Å²) in [5.74, 6) is 1.18. The first-order valence-electron chi connectivity index (χ1n) is 5.30. The number of nitrogens with two attached hydrogens (primary N) is 1. The van der Waals surface area contributed by atoms with Crippen LogP contribution in [0.15, 0.2) is 18.3 Å². The van der Waals surface area contributed by atoms with Crippen LogP contribution < -0.4 is 10.6 Å². The van der Waals surface area contributed by atoms with Gasteiger partial charge in [-0.2, -0.15) is 0 Å². The molecule has 3 nitrogen and oxygen atoms in total. The van der Waals surface area contributed by atoms with Crippen LogP contribution in [0.3, 0.4) is 0 Å². The smallest absolute Gasteiger partial charge is 0.105 e. The van der Waals surface area contributed by atoms with Gasteiger partial charge in [-0.1, -0.05) is 6.42 Å². The molecule has 0 amide bonds. The number of rotatable bonds is 4. The third kappa shape index (κ3) is 1.64. The molecule has 0 spiro atoms. The molecule has 1 aromatic heterocycles. The Morgan fingerprint density at radius 2 is 2.36 bits per heavy atom. The molecule has 0 bridgehead atoms. The number of nitrogens with zero attached hydrogens (tertiary/aromatic N) is 1. The van der Waals surface area contributed by atoms with Crippen LogP contribution in [-0.2, 0) is 0 Å². The minimum absolute atomic E-state index is 0.389. The van der Waals surface area contributed by atoms with Crippen molar-refractivity contribution in [3.8, 4) is 0 Å². The van der Waals surface area contributed by atoms with Crippen molar-refractivity contribution in [2.75, 3.05) is 25.0 Å². The molecule has 78 valence electrons. The quantitative estimate of drug-likeness (QED) is 0.762. The van der Waals surface area contributed by atoms with Crippen molar-refractivity contribution in [2.45, 2.75) is 19.3 Å². The lowest BCUT2D eigenvalue weighted by atomic mass is 9.68. The van der Waals surface area contributed by atoms with Gasteiger partial charge in [-0.25, -0.2) is 0 Å². The summed E-state index contributed by atoms with van der Waals surface area (Å²) in [6.45, 7) is 1.89. The van der Waals surface area contributed by atoms with Crippen molar-refractivity contribution in [1.29, 1.82) is 0 Å². The molecule has 1 saturated carbocycles. The maximum Gasteiger partial charge on any atom is 0.105 e. The summed E-state index contributed by atoms with van der Waals surface area (Å²) in [6.07, 6.45) is 5.88. The van der Waals surface area contributed by atoms with E-state index >= 15 is 0 Å². The number of hydrogen-bond donors (Lipinski definition) is 2. The maximum atomic E-state index is 5.83. The SMILES string of the molecule is CN(CC1(CN)CCC1)c1ccc[nH]1. The molecule has 1 aliphatic rings. The highest BCUT2D eigenvalue weighted by molar-refractivity contribution is 5.37. The van der Waals surface area contributed by atoms with Crippen molar-refractivity contribution >= 4 is 5.82 Å². The predicted octanol–water partition coefficient (Wildman–Crippen LogP) is 1.58. The van der Waals surface area contributed by atoms with Crippen molar-refractivity contribution in [1.82, 2.24) is 4.98 Å². The normalized spacial score (nSPS) is 19.0. The molecule has 1 fully saturated rings. The summed E-state index contributed by atoms with van der Waals surface area (Å²) in [6, 6.07) is 4.13. The summed E-state index contributed by atoms with van der Waals surface area (Å²) in [7, 11) is 2.13. The fraction of sp³-hybridized carbons (Fsp3) is 0.636. The summed E-state index contributed by atoms with van der Waals surface area (Å²) < 4.78 is 0. The molecule has 0 unspecified atom stereocenters.